The van der Waals surface area contributed by atoms with E-state index in [1.54, 1.807) is 54.5 Å². The molecule has 1 saturated carbocycles. The third kappa shape index (κ3) is 7.09. The number of rotatable bonds is 11. The van der Waals surface area contributed by atoms with Gasteiger partial charge in [0.1, 0.15) is 18.5 Å². The fraction of sp³-hybridized carbons (Fsp3) is 0.368. The summed E-state index contributed by atoms with van der Waals surface area (Å²) in [5, 5.41) is 11.4. The van der Waals surface area contributed by atoms with Crippen molar-refractivity contribution in [3.8, 4) is 17.0 Å². The van der Waals surface area contributed by atoms with Crippen LogP contribution in [0.15, 0.2) is 78.1 Å². The first-order chi connectivity index (χ1) is 23.7. The van der Waals surface area contributed by atoms with Crippen LogP contribution in [0.3, 0.4) is 0 Å². The summed E-state index contributed by atoms with van der Waals surface area (Å²) in [4.78, 5) is 26.6. The van der Waals surface area contributed by atoms with Crippen LogP contribution >= 0.6 is 11.8 Å². The molecule has 0 saturated heterocycles. The van der Waals surface area contributed by atoms with Gasteiger partial charge in [0.2, 0.25) is 0 Å². The van der Waals surface area contributed by atoms with Crippen molar-refractivity contribution in [2.24, 2.45) is 5.41 Å². The van der Waals surface area contributed by atoms with E-state index in [0.717, 1.165) is 34.0 Å². The molecule has 6 rings (SSSR count). The lowest BCUT2D eigenvalue weighted by Crippen LogP contribution is -2.45. The number of aromatic nitrogens is 4. The van der Waals surface area contributed by atoms with Gasteiger partial charge in [-0.3, -0.25) is 19.7 Å². The zero-order valence-electron chi connectivity index (χ0n) is 28.5. The molecule has 1 atom stereocenters. The zero-order chi connectivity index (χ0) is 35.8. The molecule has 12 heteroatoms. The minimum atomic E-state index is -4.64. The van der Waals surface area contributed by atoms with Crippen LogP contribution < -0.4 is 4.74 Å². The normalized spacial score (nSPS) is 15.1. The number of aliphatic carboxylic acids is 1. The van der Waals surface area contributed by atoms with Crippen LogP contribution in [0.1, 0.15) is 74.3 Å². The number of carbonyl (C=O) groups is 1. The Morgan fingerprint density at radius 1 is 1.04 bits per heavy atom. The number of pyridine rings is 1. The highest BCUT2D eigenvalue weighted by Gasteiger charge is 2.54. The fourth-order valence-corrected chi connectivity index (χ4v) is 7.71. The molecule has 262 valence electrons. The lowest BCUT2D eigenvalue weighted by atomic mass is 9.64. The Kier molecular flexibility index (Phi) is 9.71. The SMILES string of the molecule is COC(c1c(SC(C)(C)C)c2cc(OCc3cnc(C)cn3)ccc2n1Cc1ccc(-c2ccccn2)c(C(F)(F)F)c1)C1(C(=O)O)CCC1. The smallest absolute Gasteiger partial charge is 0.417 e. The second kappa shape index (κ2) is 13.7. The van der Waals surface area contributed by atoms with Crippen LogP contribution in [0.2, 0.25) is 0 Å². The Hall–Kier alpha value is -4.42. The number of benzene rings is 2. The Morgan fingerprint density at radius 3 is 2.40 bits per heavy atom. The lowest BCUT2D eigenvalue weighted by Gasteiger charge is -2.44. The number of alkyl halides is 3. The van der Waals surface area contributed by atoms with E-state index in [2.05, 4.69) is 35.7 Å². The van der Waals surface area contributed by atoms with Crippen molar-refractivity contribution < 1.29 is 32.5 Å². The van der Waals surface area contributed by atoms with Gasteiger partial charge in [-0.2, -0.15) is 13.2 Å². The molecule has 50 heavy (non-hydrogen) atoms. The molecule has 1 aliphatic rings. The molecular formula is C38H39F3N4O4S. The topological polar surface area (TPSA) is 99.4 Å². The molecule has 0 bridgehead atoms. The van der Waals surface area contributed by atoms with Gasteiger partial charge in [-0.25, -0.2) is 0 Å². The van der Waals surface area contributed by atoms with Gasteiger partial charge in [-0.15, -0.1) is 11.8 Å². The van der Waals surface area contributed by atoms with Crippen molar-refractivity contribution in [3.05, 3.63) is 101 Å². The Bertz CT molecular complexity index is 2000. The van der Waals surface area contributed by atoms with E-state index < -0.39 is 29.2 Å². The van der Waals surface area contributed by atoms with Gasteiger partial charge in [0.05, 0.1) is 45.5 Å². The molecule has 3 aromatic heterocycles. The van der Waals surface area contributed by atoms with Crippen LogP contribution in [0, 0.1) is 12.3 Å². The third-order valence-electron chi connectivity index (χ3n) is 8.98. The minimum absolute atomic E-state index is 0.0162. The molecule has 3 heterocycles. The van der Waals surface area contributed by atoms with Crippen LogP contribution in [-0.4, -0.2) is 42.5 Å². The molecule has 1 unspecified atom stereocenters. The highest BCUT2D eigenvalue weighted by atomic mass is 32.2. The number of hydrogen-bond donors (Lipinski definition) is 1. The van der Waals surface area contributed by atoms with Gasteiger partial charge in [0.25, 0.3) is 0 Å². The average Bonchev–Trinajstić information content (AvgIpc) is 3.32. The largest absolute Gasteiger partial charge is 0.487 e. The van der Waals surface area contributed by atoms with Crippen molar-refractivity contribution in [2.45, 2.75) is 82.0 Å². The van der Waals surface area contributed by atoms with Crippen LogP contribution in [0.5, 0.6) is 5.75 Å². The molecule has 2 aromatic carbocycles. The lowest BCUT2D eigenvalue weighted by molar-refractivity contribution is -0.169. The third-order valence-corrected chi connectivity index (χ3v) is 10.2. The zero-order valence-corrected chi connectivity index (χ0v) is 29.4. The van der Waals surface area contributed by atoms with Crippen LogP contribution in [-0.2, 0) is 28.9 Å². The van der Waals surface area contributed by atoms with Gasteiger partial charge < -0.3 is 19.1 Å². The number of methoxy groups -OCH3 is 1. The molecule has 1 aliphatic carbocycles. The maximum Gasteiger partial charge on any atom is 0.417 e. The van der Waals surface area contributed by atoms with E-state index in [9.17, 15) is 23.1 Å². The highest BCUT2D eigenvalue weighted by Crippen LogP contribution is 2.56. The Balaban J connectivity index is 1.54. The number of halogens is 3. The molecule has 8 nitrogen and oxygen atoms in total. The van der Waals surface area contributed by atoms with Crippen molar-refractivity contribution in [3.63, 3.8) is 0 Å². The number of carboxylic acid groups (broad SMARTS) is 1. The van der Waals surface area contributed by atoms with Gasteiger partial charge in [0, 0.05) is 46.6 Å². The molecule has 0 radical (unpaired) electrons. The molecular weight excluding hydrogens is 666 g/mol. The summed E-state index contributed by atoms with van der Waals surface area (Å²) in [6.45, 7) is 8.25. The number of ether oxygens (including phenoxy) is 2. The quantitative estimate of drug-likeness (QED) is 0.136. The predicted molar refractivity (Wildman–Crippen MR) is 186 cm³/mol. The number of carboxylic acids is 1. The fourth-order valence-electron chi connectivity index (χ4n) is 6.51. The Morgan fingerprint density at radius 2 is 1.82 bits per heavy atom. The van der Waals surface area contributed by atoms with Gasteiger partial charge in [-0.1, -0.05) is 45.4 Å². The van der Waals surface area contributed by atoms with E-state index in [1.807, 2.05) is 23.6 Å². The molecule has 0 amide bonds. The number of aryl methyl sites for hydroxylation is 1. The van der Waals surface area contributed by atoms with E-state index in [-0.39, 0.29) is 29.2 Å². The summed E-state index contributed by atoms with van der Waals surface area (Å²) < 4.78 is 57.6. The number of fused-ring (bicyclic) bond motifs is 1. The van der Waals surface area contributed by atoms with Crippen molar-refractivity contribution in [1.82, 2.24) is 19.5 Å². The molecule has 1 fully saturated rings. The first kappa shape index (κ1) is 35.4. The molecule has 5 aromatic rings. The van der Waals surface area contributed by atoms with Gasteiger partial charge in [-0.05, 0) is 61.7 Å². The molecule has 0 spiro atoms. The molecule has 1 N–H and O–H groups in total. The van der Waals surface area contributed by atoms with Gasteiger partial charge in [0.15, 0.2) is 0 Å². The van der Waals surface area contributed by atoms with Crippen molar-refractivity contribution in [1.29, 1.82) is 0 Å². The second-order valence-corrected chi connectivity index (χ2v) is 15.5. The Labute approximate surface area is 293 Å². The summed E-state index contributed by atoms with van der Waals surface area (Å²) in [5.74, 6) is -0.398. The van der Waals surface area contributed by atoms with Crippen molar-refractivity contribution in [2.75, 3.05) is 7.11 Å². The number of hydrogen-bond acceptors (Lipinski definition) is 7. The van der Waals surface area contributed by atoms with Crippen LogP contribution in [0.4, 0.5) is 13.2 Å². The monoisotopic (exact) mass is 704 g/mol. The van der Waals surface area contributed by atoms with Gasteiger partial charge >= 0.3 is 12.1 Å². The predicted octanol–water partition coefficient (Wildman–Crippen LogP) is 9.28. The average molecular weight is 705 g/mol. The summed E-state index contributed by atoms with van der Waals surface area (Å²) in [6.07, 6.45) is 0.862. The summed E-state index contributed by atoms with van der Waals surface area (Å²) in [7, 11) is 1.50. The standard InChI is InChI=1S/C38H39F3N4O4S/c1-23-19-44-25(20-43-23)22-49-26-11-13-31-28(18-26)33(50-36(2,3)4)32(34(48-5)37(35(46)47)14-8-15-37)45(31)21-24-10-12-27(29(17-24)38(39,40)41)30-9-6-7-16-42-30/h6-7,9-13,16-20,34H,8,14-15,21-22H2,1-5H3,(H,46,47). The van der Waals surface area contributed by atoms with Crippen molar-refractivity contribution >= 4 is 28.6 Å². The number of thioether (sulfide) groups is 1. The summed E-state index contributed by atoms with van der Waals surface area (Å²) in [6, 6.07) is 14.7. The maximum absolute atomic E-state index is 14.6. The minimum Gasteiger partial charge on any atom is -0.487 e. The summed E-state index contributed by atoms with van der Waals surface area (Å²) >= 11 is 1.57. The van der Waals surface area contributed by atoms with E-state index in [4.69, 9.17) is 9.47 Å². The van der Waals surface area contributed by atoms with E-state index in [0.29, 0.717) is 35.5 Å². The maximum atomic E-state index is 14.6. The number of nitrogens with zero attached hydrogens (tertiary/aromatic N) is 4. The first-order valence-electron chi connectivity index (χ1n) is 16.3. The van der Waals surface area contributed by atoms with E-state index in [1.165, 1.54) is 19.4 Å². The second-order valence-electron chi connectivity index (χ2n) is 13.7. The van der Waals surface area contributed by atoms with E-state index >= 15 is 0 Å². The summed E-state index contributed by atoms with van der Waals surface area (Å²) in [5.41, 5.74) is 1.41. The molecule has 0 aliphatic heterocycles. The first-order valence-corrected chi connectivity index (χ1v) is 17.1. The van der Waals surface area contributed by atoms with Crippen LogP contribution in [0.25, 0.3) is 22.2 Å². The highest BCUT2D eigenvalue weighted by molar-refractivity contribution is 8.00.